The molecule has 18 heavy (non-hydrogen) atoms. The van der Waals surface area contributed by atoms with E-state index in [0.717, 1.165) is 25.4 Å². The highest BCUT2D eigenvalue weighted by Gasteiger charge is 2.05. The van der Waals surface area contributed by atoms with E-state index < -0.39 is 0 Å². The van der Waals surface area contributed by atoms with Gasteiger partial charge in [-0.15, -0.1) is 0 Å². The van der Waals surface area contributed by atoms with Crippen LogP contribution in [0, 0.1) is 5.92 Å². The second-order valence-corrected chi connectivity index (χ2v) is 5.48. The first-order valence-electron chi connectivity index (χ1n) is 6.92. The first-order valence-corrected chi connectivity index (χ1v) is 6.92. The van der Waals surface area contributed by atoms with Gasteiger partial charge in [0.15, 0.2) is 0 Å². The van der Waals surface area contributed by atoms with Crippen LogP contribution in [-0.4, -0.2) is 17.7 Å². The highest BCUT2D eigenvalue weighted by Crippen LogP contribution is 2.21. The normalized spacial score (nSPS) is 11.6. The molecule has 2 rings (SSSR count). The lowest BCUT2D eigenvalue weighted by Crippen LogP contribution is -2.21. The maximum Gasteiger partial charge on any atom is 0.0480 e. The second-order valence-electron chi connectivity index (χ2n) is 5.48. The van der Waals surface area contributed by atoms with Gasteiger partial charge in [0.05, 0.1) is 0 Å². The Bertz CT molecular complexity index is 497. The number of para-hydroxylation sites is 1. The summed E-state index contributed by atoms with van der Waals surface area (Å²) >= 11 is 0. The molecule has 0 atom stereocenters. The molecular weight excluding hydrogens is 220 g/mol. The molecule has 0 saturated carbocycles. The summed E-state index contributed by atoms with van der Waals surface area (Å²) in [4.78, 5) is 0. The number of fused-ring (bicyclic) bond motifs is 1. The van der Waals surface area contributed by atoms with Crippen molar-refractivity contribution in [3.63, 3.8) is 0 Å². The Kier molecular flexibility index (Phi) is 4.43. The molecule has 1 aromatic carbocycles. The van der Waals surface area contributed by atoms with Crippen LogP contribution in [-0.2, 0) is 13.5 Å². The Morgan fingerprint density at radius 3 is 2.78 bits per heavy atom. The Hall–Kier alpha value is -1.28. The highest BCUT2D eigenvalue weighted by molar-refractivity contribution is 5.83. The molecule has 0 aliphatic rings. The first-order chi connectivity index (χ1) is 8.68. The lowest BCUT2D eigenvalue weighted by Gasteiger charge is -2.06. The fourth-order valence-electron chi connectivity index (χ4n) is 2.42. The molecule has 0 aliphatic heterocycles. The van der Waals surface area contributed by atoms with Crippen LogP contribution in [0.5, 0.6) is 0 Å². The van der Waals surface area contributed by atoms with Crippen LogP contribution >= 0.6 is 0 Å². The summed E-state index contributed by atoms with van der Waals surface area (Å²) in [6, 6.07) is 8.65. The average Bonchev–Trinajstić information content (AvgIpc) is 2.66. The van der Waals surface area contributed by atoms with Crippen LogP contribution in [0.15, 0.2) is 30.5 Å². The van der Waals surface area contributed by atoms with Gasteiger partial charge in [-0.25, -0.2) is 0 Å². The summed E-state index contributed by atoms with van der Waals surface area (Å²) in [6.07, 6.45) is 4.64. The highest BCUT2D eigenvalue weighted by atomic mass is 14.9. The molecule has 98 valence electrons. The number of aryl methyl sites for hydroxylation is 2. The van der Waals surface area contributed by atoms with Gasteiger partial charge in [0, 0.05) is 24.1 Å². The van der Waals surface area contributed by atoms with E-state index in [4.69, 9.17) is 0 Å². The molecule has 0 unspecified atom stereocenters. The summed E-state index contributed by atoms with van der Waals surface area (Å²) in [5.41, 5.74) is 2.81. The van der Waals surface area contributed by atoms with E-state index in [-0.39, 0.29) is 0 Å². The maximum atomic E-state index is 3.50. The number of rotatable bonds is 6. The molecule has 0 radical (unpaired) electrons. The molecular formula is C16H24N2. The van der Waals surface area contributed by atoms with Gasteiger partial charge in [-0.05, 0) is 43.5 Å². The third-order valence-electron chi connectivity index (χ3n) is 3.33. The van der Waals surface area contributed by atoms with Crippen LogP contribution in [0.2, 0.25) is 0 Å². The van der Waals surface area contributed by atoms with Crippen molar-refractivity contribution in [2.24, 2.45) is 13.0 Å². The summed E-state index contributed by atoms with van der Waals surface area (Å²) in [5.74, 6) is 0.738. The quantitative estimate of drug-likeness (QED) is 0.771. The summed E-state index contributed by atoms with van der Waals surface area (Å²) < 4.78 is 2.23. The molecule has 2 nitrogen and oxygen atoms in total. The summed E-state index contributed by atoms with van der Waals surface area (Å²) in [6.45, 7) is 6.73. The fourth-order valence-corrected chi connectivity index (χ4v) is 2.42. The number of hydrogen-bond donors (Lipinski definition) is 1. The minimum Gasteiger partial charge on any atom is -0.350 e. The lowest BCUT2D eigenvalue weighted by molar-refractivity contribution is 0.543. The summed E-state index contributed by atoms with van der Waals surface area (Å²) in [7, 11) is 2.13. The fraction of sp³-hybridized carbons (Fsp3) is 0.500. The molecule has 0 amide bonds. The predicted molar refractivity (Wildman–Crippen MR) is 78.9 cm³/mol. The number of hydrogen-bond acceptors (Lipinski definition) is 1. The Balaban J connectivity index is 1.92. The van der Waals surface area contributed by atoms with Crippen LogP contribution < -0.4 is 5.32 Å². The number of benzene rings is 1. The van der Waals surface area contributed by atoms with E-state index in [1.807, 2.05) is 0 Å². The monoisotopic (exact) mass is 244 g/mol. The van der Waals surface area contributed by atoms with E-state index in [0.29, 0.717) is 0 Å². The summed E-state index contributed by atoms with van der Waals surface area (Å²) in [5, 5.41) is 4.91. The molecule has 0 bridgehead atoms. The standard InChI is InChI=1S/C16H24N2/c1-13(2)11-17-10-6-7-14-12-18(3)16-9-5-4-8-15(14)16/h4-5,8-9,12-13,17H,6-7,10-11H2,1-3H3. The number of nitrogens with zero attached hydrogens (tertiary/aromatic N) is 1. The molecule has 1 N–H and O–H groups in total. The second kappa shape index (κ2) is 6.05. The van der Waals surface area contributed by atoms with E-state index in [1.165, 1.54) is 22.9 Å². The van der Waals surface area contributed by atoms with E-state index in [1.54, 1.807) is 0 Å². The Morgan fingerprint density at radius 1 is 1.22 bits per heavy atom. The SMILES string of the molecule is CC(C)CNCCCc1cn(C)c2ccccc12. The van der Waals surface area contributed by atoms with Gasteiger partial charge in [0.1, 0.15) is 0 Å². The van der Waals surface area contributed by atoms with Crippen molar-refractivity contribution in [3.05, 3.63) is 36.0 Å². The smallest absolute Gasteiger partial charge is 0.0480 e. The van der Waals surface area contributed by atoms with Gasteiger partial charge in [0.25, 0.3) is 0 Å². The Morgan fingerprint density at radius 2 is 2.00 bits per heavy atom. The van der Waals surface area contributed by atoms with E-state index >= 15 is 0 Å². The van der Waals surface area contributed by atoms with Gasteiger partial charge in [-0.2, -0.15) is 0 Å². The minimum atomic E-state index is 0.738. The van der Waals surface area contributed by atoms with Crippen LogP contribution in [0.4, 0.5) is 0 Å². The van der Waals surface area contributed by atoms with E-state index in [9.17, 15) is 0 Å². The van der Waals surface area contributed by atoms with Crippen molar-refractivity contribution in [1.29, 1.82) is 0 Å². The van der Waals surface area contributed by atoms with Crippen LogP contribution in [0.25, 0.3) is 10.9 Å². The van der Waals surface area contributed by atoms with Crippen molar-refractivity contribution in [3.8, 4) is 0 Å². The molecule has 2 heteroatoms. The number of aromatic nitrogens is 1. The van der Waals surface area contributed by atoms with Crippen molar-refractivity contribution in [2.45, 2.75) is 26.7 Å². The molecule has 0 aliphatic carbocycles. The average molecular weight is 244 g/mol. The molecule has 2 aromatic rings. The van der Waals surface area contributed by atoms with E-state index in [2.05, 4.69) is 61.2 Å². The third-order valence-corrected chi connectivity index (χ3v) is 3.33. The predicted octanol–water partition coefficient (Wildman–Crippen LogP) is 3.36. The first kappa shape index (κ1) is 13.2. The topological polar surface area (TPSA) is 17.0 Å². The van der Waals surface area contributed by atoms with Gasteiger partial charge in [-0.1, -0.05) is 32.0 Å². The maximum absolute atomic E-state index is 3.50. The van der Waals surface area contributed by atoms with Gasteiger partial charge in [-0.3, -0.25) is 0 Å². The lowest BCUT2D eigenvalue weighted by atomic mass is 10.1. The van der Waals surface area contributed by atoms with Crippen LogP contribution in [0.3, 0.4) is 0 Å². The molecule has 1 heterocycles. The molecule has 0 spiro atoms. The van der Waals surface area contributed by atoms with Crippen molar-refractivity contribution in [1.82, 2.24) is 9.88 Å². The minimum absolute atomic E-state index is 0.738. The molecule has 0 saturated heterocycles. The Labute approximate surface area is 110 Å². The van der Waals surface area contributed by atoms with Crippen LogP contribution in [0.1, 0.15) is 25.8 Å². The van der Waals surface area contributed by atoms with Crippen molar-refractivity contribution >= 4 is 10.9 Å². The zero-order valence-electron chi connectivity index (χ0n) is 11.7. The third kappa shape index (κ3) is 3.14. The van der Waals surface area contributed by atoms with Gasteiger partial charge >= 0.3 is 0 Å². The molecule has 1 aromatic heterocycles. The largest absolute Gasteiger partial charge is 0.350 e. The van der Waals surface area contributed by atoms with Gasteiger partial charge in [0.2, 0.25) is 0 Å². The van der Waals surface area contributed by atoms with Crippen molar-refractivity contribution in [2.75, 3.05) is 13.1 Å². The zero-order valence-corrected chi connectivity index (χ0v) is 11.7. The molecule has 0 fully saturated rings. The zero-order chi connectivity index (χ0) is 13.0. The van der Waals surface area contributed by atoms with Gasteiger partial charge < -0.3 is 9.88 Å². The number of nitrogens with one attached hydrogen (secondary N) is 1. The van der Waals surface area contributed by atoms with Crippen molar-refractivity contribution < 1.29 is 0 Å².